The van der Waals surface area contributed by atoms with Crippen LogP contribution >= 0.6 is 0 Å². The van der Waals surface area contributed by atoms with Gasteiger partial charge < -0.3 is 0 Å². The van der Waals surface area contributed by atoms with Gasteiger partial charge in [0.1, 0.15) is 6.33 Å². The Morgan fingerprint density at radius 1 is 1.47 bits per heavy atom. The fourth-order valence-corrected chi connectivity index (χ4v) is 1.92. The molecule has 17 heavy (non-hydrogen) atoms. The van der Waals surface area contributed by atoms with E-state index in [4.69, 9.17) is 9.78 Å². The second-order valence-electron chi connectivity index (χ2n) is 4.05. The molecule has 0 spiro atoms. The fourth-order valence-electron chi connectivity index (χ4n) is 1.92. The van der Waals surface area contributed by atoms with Crippen molar-refractivity contribution in [3.05, 3.63) is 27.2 Å². The van der Waals surface area contributed by atoms with Crippen molar-refractivity contribution in [1.29, 1.82) is 0 Å². The van der Waals surface area contributed by atoms with E-state index in [1.807, 2.05) is 0 Å². The molecule has 1 atom stereocenters. The third-order valence-electron chi connectivity index (χ3n) is 2.84. The van der Waals surface area contributed by atoms with Crippen molar-refractivity contribution in [2.45, 2.75) is 19.1 Å². The van der Waals surface area contributed by atoms with E-state index < -0.39 is 17.0 Å². The molecule has 8 heteroatoms. The number of hydrogen-bond acceptors (Lipinski definition) is 5. The first-order chi connectivity index (χ1) is 8.10. The Hall–Kier alpha value is -1.93. The van der Waals surface area contributed by atoms with Gasteiger partial charge in [0.05, 0.1) is 6.61 Å². The zero-order chi connectivity index (χ0) is 12.0. The molecule has 8 nitrogen and oxygen atoms in total. The van der Waals surface area contributed by atoms with E-state index in [-0.39, 0.29) is 11.2 Å². The number of aromatic amines is 2. The van der Waals surface area contributed by atoms with E-state index in [0.29, 0.717) is 13.0 Å². The lowest BCUT2D eigenvalue weighted by Crippen LogP contribution is -2.32. The summed E-state index contributed by atoms with van der Waals surface area (Å²) in [5, 5.41) is 0. The highest BCUT2D eigenvalue weighted by Gasteiger charge is 2.35. The highest BCUT2D eigenvalue weighted by atomic mass is 17.2. The highest BCUT2D eigenvalue weighted by molar-refractivity contribution is 5.69. The maximum absolute atomic E-state index is 11.7. The molecule has 0 amide bonds. The van der Waals surface area contributed by atoms with Crippen LogP contribution in [-0.2, 0) is 15.5 Å². The van der Waals surface area contributed by atoms with E-state index in [1.165, 1.54) is 6.33 Å². The van der Waals surface area contributed by atoms with Gasteiger partial charge in [-0.25, -0.2) is 19.6 Å². The molecular formula is C9H10N4O4. The van der Waals surface area contributed by atoms with Crippen molar-refractivity contribution >= 4 is 11.2 Å². The maximum atomic E-state index is 11.7. The summed E-state index contributed by atoms with van der Waals surface area (Å²) in [5.41, 5.74) is -1.37. The molecule has 1 aliphatic rings. The van der Waals surface area contributed by atoms with Gasteiger partial charge in [0.25, 0.3) is 5.56 Å². The third kappa shape index (κ3) is 1.41. The first-order valence-corrected chi connectivity index (χ1v) is 5.11. The van der Waals surface area contributed by atoms with Crippen LogP contribution in [0.4, 0.5) is 0 Å². The summed E-state index contributed by atoms with van der Waals surface area (Å²) < 4.78 is 1.56. The highest BCUT2D eigenvalue weighted by Crippen LogP contribution is 2.29. The normalized spacial score (nSPS) is 24.5. The number of hydrogen-bond donors (Lipinski definition) is 2. The Labute approximate surface area is 94.1 Å². The van der Waals surface area contributed by atoms with E-state index in [1.54, 1.807) is 11.5 Å². The number of nitrogens with one attached hydrogen (secondary N) is 2. The van der Waals surface area contributed by atoms with Gasteiger partial charge in [0, 0.05) is 6.42 Å². The van der Waals surface area contributed by atoms with Crippen molar-refractivity contribution in [2.75, 3.05) is 6.61 Å². The summed E-state index contributed by atoms with van der Waals surface area (Å²) in [5.74, 6) is 0. The van der Waals surface area contributed by atoms with Crippen LogP contribution in [0.5, 0.6) is 0 Å². The lowest BCUT2D eigenvalue weighted by molar-refractivity contribution is -0.327. The van der Waals surface area contributed by atoms with Crippen LogP contribution < -0.4 is 11.2 Å². The molecule has 0 bridgehead atoms. The molecule has 1 aliphatic heterocycles. The van der Waals surface area contributed by atoms with Gasteiger partial charge in [0.15, 0.2) is 16.9 Å². The summed E-state index contributed by atoms with van der Waals surface area (Å²) >= 11 is 0. The third-order valence-corrected chi connectivity index (χ3v) is 2.84. The van der Waals surface area contributed by atoms with Crippen LogP contribution in [0.25, 0.3) is 11.2 Å². The average Bonchev–Trinajstić information content (AvgIpc) is 2.84. The van der Waals surface area contributed by atoms with Gasteiger partial charge in [0.2, 0.25) is 0 Å². The zero-order valence-corrected chi connectivity index (χ0v) is 9.02. The van der Waals surface area contributed by atoms with Crippen molar-refractivity contribution < 1.29 is 9.78 Å². The Morgan fingerprint density at radius 2 is 2.29 bits per heavy atom. The van der Waals surface area contributed by atoms with Gasteiger partial charge in [-0.3, -0.25) is 19.3 Å². The van der Waals surface area contributed by atoms with E-state index in [9.17, 15) is 9.59 Å². The first kappa shape index (κ1) is 10.2. The monoisotopic (exact) mass is 238 g/mol. The molecule has 0 aromatic carbocycles. The number of aromatic nitrogens is 4. The van der Waals surface area contributed by atoms with Crippen molar-refractivity contribution in [2.24, 2.45) is 0 Å². The van der Waals surface area contributed by atoms with Gasteiger partial charge in [-0.15, -0.1) is 0 Å². The SMILES string of the molecule is CC1(n2cnc3[nH]c(=O)[nH]c(=O)c32)CCOO1. The number of nitrogens with zero attached hydrogens (tertiary/aromatic N) is 2. The molecule has 0 radical (unpaired) electrons. The molecule has 1 unspecified atom stereocenters. The van der Waals surface area contributed by atoms with Crippen LogP contribution in [0.2, 0.25) is 0 Å². The largest absolute Gasteiger partial charge is 0.327 e. The van der Waals surface area contributed by atoms with E-state index >= 15 is 0 Å². The second kappa shape index (κ2) is 3.28. The minimum absolute atomic E-state index is 0.232. The molecule has 2 aromatic heterocycles. The lowest BCUT2D eigenvalue weighted by atomic mass is 10.2. The molecule has 3 heterocycles. The summed E-state index contributed by atoms with van der Waals surface area (Å²) in [6, 6.07) is 0. The second-order valence-corrected chi connectivity index (χ2v) is 4.05. The molecule has 0 aliphatic carbocycles. The fraction of sp³-hybridized carbons (Fsp3) is 0.444. The standard InChI is InChI=1S/C9H10N4O4/c1-9(2-3-16-17-9)13-4-10-6-5(13)7(14)12-8(15)11-6/h4H,2-3H2,1H3,(H2,11,12,14,15). The maximum Gasteiger partial charge on any atom is 0.327 e. The zero-order valence-electron chi connectivity index (χ0n) is 9.02. The predicted molar refractivity (Wildman–Crippen MR) is 56.3 cm³/mol. The summed E-state index contributed by atoms with van der Waals surface area (Å²) in [6.07, 6.45) is 2.04. The van der Waals surface area contributed by atoms with Crippen molar-refractivity contribution in [3.8, 4) is 0 Å². The van der Waals surface area contributed by atoms with Gasteiger partial charge in [-0.05, 0) is 6.92 Å². The number of fused-ring (bicyclic) bond motifs is 1. The predicted octanol–water partition coefficient (Wildman–Crippen LogP) is -0.563. The lowest BCUT2D eigenvalue weighted by Gasteiger charge is -2.21. The quantitative estimate of drug-likeness (QED) is 0.648. The molecular weight excluding hydrogens is 228 g/mol. The summed E-state index contributed by atoms with van der Waals surface area (Å²) in [6.45, 7) is 2.23. The van der Waals surface area contributed by atoms with Crippen molar-refractivity contribution in [3.63, 3.8) is 0 Å². The Morgan fingerprint density at radius 3 is 3.00 bits per heavy atom. The van der Waals surface area contributed by atoms with E-state index in [2.05, 4.69) is 15.0 Å². The minimum atomic E-state index is -0.778. The van der Waals surface area contributed by atoms with Crippen LogP contribution in [0, 0.1) is 0 Å². The first-order valence-electron chi connectivity index (χ1n) is 5.11. The molecule has 1 saturated heterocycles. The van der Waals surface area contributed by atoms with Gasteiger partial charge in [-0.2, -0.15) is 0 Å². The van der Waals surface area contributed by atoms with Gasteiger partial charge >= 0.3 is 5.69 Å². The van der Waals surface area contributed by atoms with Crippen LogP contribution in [0.1, 0.15) is 13.3 Å². The number of H-pyrrole nitrogens is 2. The topological polar surface area (TPSA) is 102 Å². The molecule has 1 fully saturated rings. The van der Waals surface area contributed by atoms with Gasteiger partial charge in [-0.1, -0.05) is 0 Å². The minimum Gasteiger partial charge on any atom is -0.292 e. The van der Waals surface area contributed by atoms with Crippen molar-refractivity contribution in [1.82, 2.24) is 19.5 Å². The molecule has 90 valence electrons. The molecule has 2 aromatic rings. The van der Waals surface area contributed by atoms with Crippen LogP contribution in [-0.4, -0.2) is 26.1 Å². The number of imidazole rings is 1. The summed E-state index contributed by atoms with van der Waals surface area (Å²) in [4.78, 5) is 41.5. The average molecular weight is 238 g/mol. The molecule has 3 rings (SSSR count). The van der Waals surface area contributed by atoms with E-state index in [0.717, 1.165) is 0 Å². The van der Waals surface area contributed by atoms with Crippen LogP contribution in [0.3, 0.4) is 0 Å². The van der Waals surface area contributed by atoms with Crippen LogP contribution in [0.15, 0.2) is 15.9 Å². The number of rotatable bonds is 1. The Bertz CT molecular complexity index is 676. The summed E-state index contributed by atoms with van der Waals surface area (Å²) in [7, 11) is 0. The Kier molecular flexibility index (Phi) is 1.98. The Balaban J connectivity index is 2.32. The molecule has 0 saturated carbocycles. The smallest absolute Gasteiger partial charge is 0.292 e. The molecule has 2 N–H and O–H groups in total.